The van der Waals surface area contributed by atoms with E-state index in [1.807, 2.05) is 13.8 Å². The van der Waals surface area contributed by atoms with E-state index in [0.29, 0.717) is 6.42 Å². The van der Waals surface area contributed by atoms with Crippen molar-refractivity contribution in [3.63, 3.8) is 0 Å². The van der Waals surface area contributed by atoms with Gasteiger partial charge in [0.2, 0.25) is 0 Å². The van der Waals surface area contributed by atoms with Crippen molar-refractivity contribution in [3.05, 3.63) is 82.2 Å². The molecule has 3 rings (SSSR count). The Bertz CT molecular complexity index is 1100. The van der Waals surface area contributed by atoms with Gasteiger partial charge in [0.15, 0.2) is 23.3 Å². The van der Waals surface area contributed by atoms with E-state index in [2.05, 4.69) is 0 Å². The van der Waals surface area contributed by atoms with Crippen molar-refractivity contribution in [2.24, 2.45) is 0 Å². The molecule has 3 aromatic rings. The van der Waals surface area contributed by atoms with E-state index in [1.165, 1.54) is 24.3 Å². The zero-order valence-electron chi connectivity index (χ0n) is 17.7. The lowest BCUT2D eigenvalue weighted by Crippen LogP contribution is -2.00. The highest BCUT2D eigenvalue weighted by Gasteiger charge is 2.23. The Hall–Kier alpha value is -2.69. The SMILES string of the molecule is CCCCCc1ccc2cc(C(F)=C(F)c3ccc(CCC)cc3)c(F)c(F)c2c1F. The van der Waals surface area contributed by atoms with Crippen molar-refractivity contribution < 1.29 is 22.0 Å². The summed E-state index contributed by atoms with van der Waals surface area (Å²) in [5, 5.41) is -0.556. The normalized spacial score (nSPS) is 12.4. The number of hydrogen-bond donors (Lipinski definition) is 0. The second-order valence-corrected chi connectivity index (χ2v) is 7.72. The van der Waals surface area contributed by atoms with E-state index in [0.717, 1.165) is 43.7 Å². The molecule has 164 valence electrons. The summed E-state index contributed by atoms with van der Waals surface area (Å²) in [5.74, 6) is -6.78. The summed E-state index contributed by atoms with van der Waals surface area (Å²) in [6, 6.07) is 9.98. The highest BCUT2D eigenvalue weighted by atomic mass is 19.2. The molecule has 0 nitrogen and oxygen atoms in total. The van der Waals surface area contributed by atoms with E-state index in [-0.39, 0.29) is 16.5 Å². The molecule has 0 aliphatic carbocycles. The highest BCUT2D eigenvalue weighted by Crippen LogP contribution is 2.35. The van der Waals surface area contributed by atoms with Crippen LogP contribution in [0.5, 0.6) is 0 Å². The van der Waals surface area contributed by atoms with E-state index in [4.69, 9.17) is 0 Å². The summed E-state index contributed by atoms with van der Waals surface area (Å²) < 4.78 is 73.7. The minimum Gasteiger partial charge on any atom is -0.206 e. The van der Waals surface area contributed by atoms with Crippen LogP contribution < -0.4 is 0 Å². The van der Waals surface area contributed by atoms with Gasteiger partial charge in [-0.3, -0.25) is 0 Å². The predicted octanol–water partition coefficient (Wildman–Crippen LogP) is 8.71. The van der Waals surface area contributed by atoms with Crippen LogP contribution in [0.4, 0.5) is 22.0 Å². The number of aryl methyl sites for hydroxylation is 2. The Balaban J connectivity index is 2.04. The number of hydrogen-bond acceptors (Lipinski definition) is 0. The Kier molecular flexibility index (Phi) is 7.47. The smallest absolute Gasteiger partial charge is 0.170 e. The molecule has 31 heavy (non-hydrogen) atoms. The first-order chi connectivity index (χ1) is 14.9. The third kappa shape index (κ3) is 4.81. The maximum atomic E-state index is 14.8. The molecule has 0 aromatic heterocycles. The summed E-state index contributed by atoms with van der Waals surface area (Å²) >= 11 is 0. The molecule has 0 heterocycles. The van der Waals surface area contributed by atoms with Gasteiger partial charge >= 0.3 is 0 Å². The molecular formula is C26H25F5. The summed E-state index contributed by atoms with van der Waals surface area (Å²) in [6.45, 7) is 4.01. The number of rotatable bonds is 8. The summed E-state index contributed by atoms with van der Waals surface area (Å²) in [6.07, 6.45) is 4.66. The molecule has 0 unspecified atom stereocenters. The quantitative estimate of drug-likeness (QED) is 0.190. The Morgan fingerprint density at radius 2 is 1.42 bits per heavy atom. The number of halogens is 5. The fraction of sp³-hybridized carbons (Fsp3) is 0.308. The fourth-order valence-corrected chi connectivity index (χ4v) is 3.69. The molecular weight excluding hydrogens is 407 g/mol. The summed E-state index contributed by atoms with van der Waals surface area (Å²) in [4.78, 5) is 0. The average Bonchev–Trinajstić information content (AvgIpc) is 2.77. The van der Waals surface area contributed by atoms with Gasteiger partial charge in [0, 0.05) is 5.56 Å². The first-order valence-electron chi connectivity index (χ1n) is 10.6. The highest BCUT2D eigenvalue weighted by molar-refractivity contribution is 5.91. The van der Waals surface area contributed by atoms with Crippen LogP contribution in [0.1, 0.15) is 61.8 Å². The molecule has 0 aliphatic rings. The minimum absolute atomic E-state index is 0.0214. The van der Waals surface area contributed by atoms with Gasteiger partial charge in [0.05, 0.1) is 10.9 Å². The second-order valence-electron chi connectivity index (χ2n) is 7.72. The van der Waals surface area contributed by atoms with Crippen LogP contribution in [0, 0.1) is 17.5 Å². The molecule has 0 atom stereocenters. The predicted molar refractivity (Wildman–Crippen MR) is 117 cm³/mol. The summed E-state index contributed by atoms with van der Waals surface area (Å²) in [5.41, 5.74) is 0.307. The number of benzene rings is 3. The van der Waals surface area contributed by atoms with Gasteiger partial charge in [0.1, 0.15) is 5.82 Å². The standard InChI is InChI=1S/C26H25F5/c1-3-5-6-8-17-13-14-19-15-20(25(30)26(31)21(19)22(17)27)24(29)23(28)18-11-9-16(7-4-2)10-12-18/h9-15H,3-8H2,1-2H3. The van der Waals surface area contributed by atoms with Crippen LogP contribution >= 0.6 is 0 Å². The lowest BCUT2D eigenvalue weighted by atomic mass is 9.98. The Labute approximate surface area is 179 Å². The lowest BCUT2D eigenvalue weighted by molar-refractivity contribution is 0.505. The molecule has 0 amide bonds. The van der Waals surface area contributed by atoms with Gasteiger partial charge in [-0.15, -0.1) is 0 Å². The van der Waals surface area contributed by atoms with Gasteiger partial charge < -0.3 is 0 Å². The maximum absolute atomic E-state index is 14.8. The van der Waals surface area contributed by atoms with Crippen LogP contribution in [-0.4, -0.2) is 0 Å². The van der Waals surface area contributed by atoms with Crippen molar-refractivity contribution in [2.45, 2.75) is 52.4 Å². The third-order valence-corrected chi connectivity index (χ3v) is 5.43. The molecule has 0 saturated heterocycles. The summed E-state index contributed by atoms with van der Waals surface area (Å²) in [7, 11) is 0. The molecule has 0 radical (unpaired) electrons. The van der Waals surface area contributed by atoms with Crippen LogP contribution in [0.15, 0.2) is 42.5 Å². The van der Waals surface area contributed by atoms with Crippen molar-refractivity contribution in [1.82, 2.24) is 0 Å². The van der Waals surface area contributed by atoms with E-state index >= 15 is 0 Å². The molecule has 0 N–H and O–H groups in total. The third-order valence-electron chi connectivity index (χ3n) is 5.43. The van der Waals surface area contributed by atoms with Crippen LogP contribution in [0.3, 0.4) is 0 Å². The first-order valence-corrected chi connectivity index (χ1v) is 10.6. The first kappa shape index (κ1) is 23.0. The van der Waals surface area contributed by atoms with Gasteiger partial charge in [-0.1, -0.05) is 69.5 Å². The average molecular weight is 432 g/mol. The van der Waals surface area contributed by atoms with Crippen molar-refractivity contribution in [2.75, 3.05) is 0 Å². The van der Waals surface area contributed by atoms with Crippen molar-refractivity contribution >= 4 is 22.4 Å². The van der Waals surface area contributed by atoms with Crippen molar-refractivity contribution in [3.8, 4) is 0 Å². The minimum atomic E-state index is -1.60. The maximum Gasteiger partial charge on any atom is 0.170 e. The zero-order valence-corrected chi connectivity index (χ0v) is 17.7. The van der Waals surface area contributed by atoms with E-state index in [9.17, 15) is 22.0 Å². The van der Waals surface area contributed by atoms with Crippen LogP contribution in [0.2, 0.25) is 0 Å². The lowest BCUT2D eigenvalue weighted by Gasteiger charge is -2.11. The van der Waals surface area contributed by atoms with Crippen LogP contribution in [0.25, 0.3) is 22.4 Å². The van der Waals surface area contributed by atoms with Crippen molar-refractivity contribution in [1.29, 1.82) is 0 Å². The molecule has 3 aromatic carbocycles. The van der Waals surface area contributed by atoms with Gasteiger partial charge in [-0.05, 0) is 41.8 Å². The van der Waals surface area contributed by atoms with E-state index < -0.39 is 40.1 Å². The molecule has 0 spiro atoms. The molecule has 5 heteroatoms. The second kappa shape index (κ2) is 10.1. The van der Waals surface area contributed by atoms with Gasteiger partial charge in [-0.25, -0.2) is 22.0 Å². The molecule has 0 aliphatic heterocycles. The molecule has 0 fully saturated rings. The fourth-order valence-electron chi connectivity index (χ4n) is 3.69. The molecule has 0 saturated carbocycles. The Morgan fingerprint density at radius 1 is 0.710 bits per heavy atom. The van der Waals surface area contributed by atoms with Gasteiger partial charge in [0.25, 0.3) is 0 Å². The Morgan fingerprint density at radius 3 is 2.06 bits per heavy atom. The van der Waals surface area contributed by atoms with Crippen LogP contribution in [-0.2, 0) is 12.8 Å². The number of unbranched alkanes of at least 4 members (excludes halogenated alkanes) is 2. The number of fused-ring (bicyclic) bond motifs is 1. The molecule has 0 bridgehead atoms. The van der Waals surface area contributed by atoms with Gasteiger partial charge in [-0.2, -0.15) is 0 Å². The zero-order chi connectivity index (χ0) is 22.5. The topological polar surface area (TPSA) is 0 Å². The monoisotopic (exact) mass is 432 g/mol. The van der Waals surface area contributed by atoms with E-state index in [1.54, 1.807) is 12.1 Å². The largest absolute Gasteiger partial charge is 0.206 e.